The number of likely N-dealkylation sites (N-methyl/N-ethyl adjacent to an activating group) is 1. The maximum Gasteiger partial charge on any atom is 0.319 e. The average Bonchev–Trinajstić information content (AvgIpc) is 2.50. The summed E-state index contributed by atoms with van der Waals surface area (Å²) in [7, 11) is 3.53. The molecule has 2 N–H and O–H groups in total. The molecule has 120 valence electrons. The third kappa shape index (κ3) is 5.00. The minimum absolute atomic E-state index is 0.112. The summed E-state index contributed by atoms with van der Waals surface area (Å²) in [6.45, 7) is 2.08. The fraction of sp³-hybridized carbons (Fsp3) is 0.533. The molecule has 0 radical (unpaired) electrons. The number of amides is 3. The molecule has 0 aromatic carbocycles. The molecule has 1 aromatic rings. The molecule has 7 heteroatoms. The second-order valence-electron chi connectivity index (χ2n) is 5.68. The lowest BCUT2D eigenvalue weighted by Gasteiger charge is -2.32. The van der Waals surface area contributed by atoms with E-state index in [2.05, 4.69) is 20.5 Å². The van der Waals surface area contributed by atoms with E-state index in [0.717, 1.165) is 25.9 Å². The molecule has 1 fully saturated rings. The average molecular weight is 305 g/mol. The van der Waals surface area contributed by atoms with Gasteiger partial charge in [0, 0.05) is 39.4 Å². The number of rotatable bonds is 4. The smallest absolute Gasteiger partial charge is 0.319 e. The van der Waals surface area contributed by atoms with Crippen LogP contribution in [-0.4, -0.2) is 66.5 Å². The van der Waals surface area contributed by atoms with Gasteiger partial charge in [-0.05, 0) is 25.0 Å². The molecular formula is C15H23N5O2. The molecule has 2 rings (SSSR count). The zero-order chi connectivity index (χ0) is 15.9. The number of pyridine rings is 1. The molecule has 0 saturated carbocycles. The molecular weight excluding hydrogens is 282 g/mol. The highest BCUT2D eigenvalue weighted by atomic mass is 16.2. The Morgan fingerprint density at radius 1 is 1.36 bits per heavy atom. The number of urea groups is 1. The number of nitrogens with zero attached hydrogens (tertiary/aromatic N) is 3. The van der Waals surface area contributed by atoms with Crippen molar-refractivity contribution in [1.82, 2.24) is 20.1 Å². The Kier molecular flexibility index (Phi) is 5.71. The first-order valence-electron chi connectivity index (χ1n) is 7.44. The van der Waals surface area contributed by atoms with E-state index in [1.165, 1.54) is 0 Å². The van der Waals surface area contributed by atoms with Gasteiger partial charge in [0.05, 0.1) is 18.4 Å². The van der Waals surface area contributed by atoms with E-state index in [9.17, 15) is 9.59 Å². The summed E-state index contributed by atoms with van der Waals surface area (Å²) in [5.74, 6) is 0.112. The molecule has 0 unspecified atom stereocenters. The number of carbonyl (C=O) groups excluding carboxylic acids is 2. The van der Waals surface area contributed by atoms with Crippen LogP contribution in [0.25, 0.3) is 0 Å². The molecule has 0 aliphatic carbocycles. The third-order valence-corrected chi connectivity index (χ3v) is 3.70. The Bertz CT molecular complexity index is 498. The van der Waals surface area contributed by atoms with Crippen molar-refractivity contribution in [3.05, 3.63) is 24.5 Å². The third-order valence-electron chi connectivity index (χ3n) is 3.70. The number of hydrogen-bond donors (Lipinski definition) is 2. The maximum atomic E-state index is 11.9. The van der Waals surface area contributed by atoms with Crippen LogP contribution < -0.4 is 10.6 Å². The SMILES string of the molecule is CN(C)C(=O)CN1CCC(NC(=O)Nc2cccnc2)CC1. The quantitative estimate of drug-likeness (QED) is 0.861. The summed E-state index contributed by atoms with van der Waals surface area (Å²) in [4.78, 5) is 31.3. The summed E-state index contributed by atoms with van der Waals surface area (Å²) >= 11 is 0. The van der Waals surface area contributed by atoms with Gasteiger partial charge < -0.3 is 15.5 Å². The number of piperidine rings is 1. The number of hydrogen-bond acceptors (Lipinski definition) is 4. The molecule has 1 saturated heterocycles. The summed E-state index contributed by atoms with van der Waals surface area (Å²) in [5.41, 5.74) is 0.675. The van der Waals surface area contributed by atoms with E-state index in [-0.39, 0.29) is 18.0 Å². The molecule has 7 nitrogen and oxygen atoms in total. The molecule has 3 amide bonds. The lowest BCUT2D eigenvalue weighted by atomic mass is 10.1. The van der Waals surface area contributed by atoms with Crippen LogP contribution in [0.5, 0.6) is 0 Å². The molecule has 1 aliphatic rings. The van der Waals surface area contributed by atoms with E-state index < -0.39 is 0 Å². The summed E-state index contributed by atoms with van der Waals surface area (Å²) in [6, 6.07) is 3.50. The fourth-order valence-corrected chi connectivity index (χ4v) is 2.36. The monoisotopic (exact) mass is 305 g/mol. The van der Waals surface area contributed by atoms with E-state index in [1.807, 2.05) is 0 Å². The van der Waals surface area contributed by atoms with Crippen molar-refractivity contribution in [2.24, 2.45) is 0 Å². The van der Waals surface area contributed by atoms with Crippen LogP contribution >= 0.6 is 0 Å². The molecule has 2 heterocycles. The number of nitrogens with one attached hydrogen (secondary N) is 2. The predicted molar refractivity (Wildman–Crippen MR) is 84.5 cm³/mol. The highest BCUT2D eigenvalue weighted by Crippen LogP contribution is 2.11. The van der Waals surface area contributed by atoms with E-state index in [0.29, 0.717) is 12.2 Å². The number of aromatic nitrogens is 1. The lowest BCUT2D eigenvalue weighted by molar-refractivity contribution is -0.130. The Balaban J connectivity index is 1.71. The minimum Gasteiger partial charge on any atom is -0.348 e. The van der Waals surface area contributed by atoms with Gasteiger partial charge >= 0.3 is 6.03 Å². The number of carbonyl (C=O) groups is 2. The van der Waals surface area contributed by atoms with Crippen molar-refractivity contribution >= 4 is 17.6 Å². The van der Waals surface area contributed by atoms with Crippen LogP contribution in [0.4, 0.5) is 10.5 Å². The van der Waals surface area contributed by atoms with Crippen LogP contribution in [-0.2, 0) is 4.79 Å². The summed E-state index contributed by atoms with van der Waals surface area (Å²) in [6.07, 6.45) is 4.96. The Morgan fingerprint density at radius 2 is 2.09 bits per heavy atom. The fourth-order valence-electron chi connectivity index (χ4n) is 2.36. The first-order valence-corrected chi connectivity index (χ1v) is 7.44. The molecule has 1 aliphatic heterocycles. The minimum atomic E-state index is -0.212. The zero-order valence-corrected chi connectivity index (χ0v) is 13.1. The first-order chi connectivity index (χ1) is 10.5. The van der Waals surface area contributed by atoms with Crippen LogP contribution in [0, 0.1) is 0 Å². The van der Waals surface area contributed by atoms with Gasteiger partial charge in [-0.1, -0.05) is 0 Å². The van der Waals surface area contributed by atoms with Gasteiger partial charge in [-0.3, -0.25) is 14.7 Å². The van der Waals surface area contributed by atoms with Gasteiger partial charge in [-0.15, -0.1) is 0 Å². The standard InChI is InChI=1S/C15H23N5O2/c1-19(2)14(21)11-20-8-5-12(6-9-20)17-15(22)18-13-4-3-7-16-10-13/h3-4,7,10,12H,5-6,8-9,11H2,1-2H3,(H2,17,18,22). The van der Waals surface area contributed by atoms with Gasteiger partial charge in [0.15, 0.2) is 0 Å². The molecule has 0 atom stereocenters. The van der Waals surface area contributed by atoms with Gasteiger partial charge in [0.2, 0.25) is 5.91 Å². The van der Waals surface area contributed by atoms with E-state index in [4.69, 9.17) is 0 Å². The highest BCUT2D eigenvalue weighted by Gasteiger charge is 2.22. The van der Waals surface area contributed by atoms with Gasteiger partial charge in [-0.25, -0.2) is 4.79 Å². The normalized spacial score (nSPS) is 16.1. The maximum absolute atomic E-state index is 11.9. The van der Waals surface area contributed by atoms with Crippen molar-refractivity contribution in [3.63, 3.8) is 0 Å². The van der Waals surface area contributed by atoms with Crippen molar-refractivity contribution in [2.45, 2.75) is 18.9 Å². The molecule has 22 heavy (non-hydrogen) atoms. The van der Waals surface area contributed by atoms with Crippen LogP contribution in [0.15, 0.2) is 24.5 Å². The van der Waals surface area contributed by atoms with Crippen molar-refractivity contribution in [2.75, 3.05) is 39.0 Å². The van der Waals surface area contributed by atoms with Crippen LogP contribution in [0.3, 0.4) is 0 Å². The number of anilines is 1. The largest absolute Gasteiger partial charge is 0.348 e. The Morgan fingerprint density at radius 3 is 2.68 bits per heavy atom. The van der Waals surface area contributed by atoms with E-state index >= 15 is 0 Å². The highest BCUT2D eigenvalue weighted by molar-refractivity contribution is 5.89. The van der Waals surface area contributed by atoms with Crippen molar-refractivity contribution in [3.8, 4) is 0 Å². The summed E-state index contributed by atoms with van der Waals surface area (Å²) in [5, 5.41) is 5.72. The Hall–Kier alpha value is -2.15. The zero-order valence-electron chi connectivity index (χ0n) is 13.1. The summed E-state index contributed by atoms with van der Waals surface area (Å²) < 4.78 is 0. The first kappa shape index (κ1) is 16.2. The Labute approximate surface area is 130 Å². The number of likely N-dealkylation sites (tertiary alicyclic amines) is 1. The molecule has 0 bridgehead atoms. The van der Waals surface area contributed by atoms with Crippen molar-refractivity contribution in [1.29, 1.82) is 0 Å². The van der Waals surface area contributed by atoms with E-state index in [1.54, 1.807) is 43.5 Å². The van der Waals surface area contributed by atoms with Crippen LogP contribution in [0.2, 0.25) is 0 Å². The second-order valence-corrected chi connectivity index (χ2v) is 5.68. The molecule has 1 aromatic heterocycles. The molecule has 0 spiro atoms. The van der Waals surface area contributed by atoms with Crippen LogP contribution in [0.1, 0.15) is 12.8 Å². The van der Waals surface area contributed by atoms with Gasteiger partial charge in [-0.2, -0.15) is 0 Å². The van der Waals surface area contributed by atoms with Gasteiger partial charge in [0.1, 0.15) is 0 Å². The lowest BCUT2D eigenvalue weighted by Crippen LogP contribution is -2.48. The van der Waals surface area contributed by atoms with Crippen molar-refractivity contribution < 1.29 is 9.59 Å². The second kappa shape index (κ2) is 7.74. The topological polar surface area (TPSA) is 77.6 Å². The predicted octanol–water partition coefficient (Wildman–Crippen LogP) is 0.756. The van der Waals surface area contributed by atoms with Gasteiger partial charge in [0.25, 0.3) is 0 Å².